The van der Waals surface area contributed by atoms with Crippen LogP contribution in [0.25, 0.3) is 0 Å². The number of nitrogens with one attached hydrogen (secondary N) is 1. The summed E-state index contributed by atoms with van der Waals surface area (Å²) in [6.45, 7) is 0.607. The first kappa shape index (κ1) is 9.70. The van der Waals surface area contributed by atoms with Crippen LogP contribution in [0.3, 0.4) is 0 Å². The van der Waals surface area contributed by atoms with Crippen LogP contribution in [-0.2, 0) is 0 Å². The lowest BCUT2D eigenvalue weighted by molar-refractivity contribution is 0.0889. The molecule has 1 spiro atoms. The maximum atomic E-state index is 12.1. The number of amides is 1. The van der Waals surface area contributed by atoms with Gasteiger partial charge in [-0.15, -0.1) is 0 Å². The number of hydrogen-bond acceptors (Lipinski definition) is 2. The first-order valence-electron chi connectivity index (χ1n) is 5.83. The Kier molecular flexibility index (Phi) is 2.13. The van der Waals surface area contributed by atoms with Gasteiger partial charge in [0.2, 0.25) is 0 Å². The average Bonchev–Trinajstić information content (AvgIpc) is 2.70. The number of fused-ring (bicyclic) bond motifs is 1. The second-order valence-corrected chi connectivity index (χ2v) is 4.73. The van der Waals surface area contributed by atoms with Crippen molar-refractivity contribution >= 4 is 5.91 Å². The highest BCUT2D eigenvalue weighted by molar-refractivity contribution is 5.97. The van der Waals surface area contributed by atoms with E-state index in [1.54, 1.807) is 0 Å². The standard InChI is InChI=1S/C13H15NO2/c15-12-10-5-1-2-6-11(10)16-9-13(14-12)7-3-4-8-13/h1-2,5-6H,3-4,7-9H2,(H,14,15). The minimum atomic E-state index is -0.115. The van der Waals surface area contributed by atoms with E-state index in [0.29, 0.717) is 17.9 Å². The van der Waals surface area contributed by atoms with Gasteiger partial charge in [0.15, 0.2) is 0 Å². The molecule has 0 aromatic heterocycles. The first-order valence-corrected chi connectivity index (χ1v) is 5.83. The first-order chi connectivity index (χ1) is 7.79. The largest absolute Gasteiger partial charge is 0.490 e. The third kappa shape index (κ3) is 1.47. The summed E-state index contributed by atoms with van der Waals surface area (Å²) in [7, 11) is 0. The molecule has 3 rings (SSSR count). The number of ether oxygens (including phenoxy) is 1. The molecule has 0 bridgehead atoms. The van der Waals surface area contributed by atoms with Crippen LogP contribution in [0.5, 0.6) is 5.75 Å². The summed E-state index contributed by atoms with van der Waals surface area (Å²) in [4.78, 5) is 12.1. The van der Waals surface area contributed by atoms with E-state index in [0.717, 1.165) is 12.8 Å². The van der Waals surface area contributed by atoms with Crippen molar-refractivity contribution in [2.75, 3.05) is 6.61 Å². The quantitative estimate of drug-likeness (QED) is 0.723. The van der Waals surface area contributed by atoms with Crippen molar-refractivity contribution in [1.29, 1.82) is 0 Å². The molecule has 0 radical (unpaired) electrons. The van der Waals surface area contributed by atoms with Crippen molar-refractivity contribution < 1.29 is 9.53 Å². The molecule has 16 heavy (non-hydrogen) atoms. The summed E-state index contributed by atoms with van der Waals surface area (Å²) in [5.41, 5.74) is 0.544. The predicted molar refractivity (Wildman–Crippen MR) is 60.6 cm³/mol. The molecule has 1 aliphatic carbocycles. The number of benzene rings is 1. The van der Waals surface area contributed by atoms with Crippen LogP contribution >= 0.6 is 0 Å². The monoisotopic (exact) mass is 217 g/mol. The van der Waals surface area contributed by atoms with Gasteiger partial charge in [0, 0.05) is 0 Å². The fraction of sp³-hybridized carbons (Fsp3) is 0.462. The molecule has 0 unspecified atom stereocenters. The Morgan fingerprint density at radius 3 is 2.75 bits per heavy atom. The van der Waals surface area contributed by atoms with Crippen molar-refractivity contribution in [2.24, 2.45) is 0 Å². The van der Waals surface area contributed by atoms with E-state index >= 15 is 0 Å². The summed E-state index contributed by atoms with van der Waals surface area (Å²) >= 11 is 0. The molecule has 0 atom stereocenters. The van der Waals surface area contributed by atoms with Crippen molar-refractivity contribution in [3.8, 4) is 5.75 Å². The summed E-state index contributed by atoms with van der Waals surface area (Å²) < 4.78 is 5.77. The molecule has 1 heterocycles. The molecule has 1 aromatic rings. The molecular formula is C13H15NO2. The van der Waals surface area contributed by atoms with Crippen LogP contribution in [0.1, 0.15) is 36.0 Å². The zero-order valence-electron chi connectivity index (χ0n) is 9.16. The number of rotatable bonds is 0. The second kappa shape index (κ2) is 3.51. The van der Waals surface area contributed by atoms with Crippen LogP contribution in [0.15, 0.2) is 24.3 Å². The summed E-state index contributed by atoms with van der Waals surface area (Å²) in [5, 5.41) is 3.15. The van der Waals surface area contributed by atoms with E-state index in [-0.39, 0.29) is 11.4 Å². The number of carbonyl (C=O) groups is 1. The molecular weight excluding hydrogens is 202 g/mol. The highest BCUT2D eigenvalue weighted by Gasteiger charge is 2.38. The smallest absolute Gasteiger partial charge is 0.255 e. The fourth-order valence-electron chi connectivity index (χ4n) is 2.66. The number of para-hydroxylation sites is 1. The molecule has 1 aliphatic heterocycles. The fourth-order valence-corrected chi connectivity index (χ4v) is 2.66. The van der Waals surface area contributed by atoms with E-state index in [2.05, 4.69) is 5.32 Å². The Morgan fingerprint density at radius 2 is 1.94 bits per heavy atom. The van der Waals surface area contributed by atoms with Crippen molar-refractivity contribution in [3.63, 3.8) is 0 Å². The van der Waals surface area contributed by atoms with E-state index in [1.165, 1.54) is 12.8 Å². The van der Waals surface area contributed by atoms with Gasteiger partial charge in [-0.2, -0.15) is 0 Å². The van der Waals surface area contributed by atoms with Gasteiger partial charge in [-0.1, -0.05) is 25.0 Å². The maximum absolute atomic E-state index is 12.1. The minimum absolute atomic E-state index is 0.00926. The summed E-state index contributed by atoms with van der Waals surface area (Å²) in [5.74, 6) is 0.721. The van der Waals surface area contributed by atoms with Gasteiger partial charge in [0.25, 0.3) is 5.91 Å². The van der Waals surface area contributed by atoms with Crippen molar-refractivity contribution in [3.05, 3.63) is 29.8 Å². The van der Waals surface area contributed by atoms with Gasteiger partial charge in [-0.25, -0.2) is 0 Å². The third-order valence-corrected chi connectivity index (χ3v) is 3.58. The molecule has 3 heteroatoms. The van der Waals surface area contributed by atoms with Gasteiger partial charge < -0.3 is 10.1 Å². The normalized spacial score (nSPS) is 22.1. The van der Waals surface area contributed by atoms with Gasteiger partial charge in [0.05, 0.1) is 11.1 Å². The third-order valence-electron chi connectivity index (χ3n) is 3.58. The van der Waals surface area contributed by atoms with E-state index < -0.39 is 0 Å². The minimum Gasteiger partial charge on any atom is -0.490 e. The topological polar surface area (TPSA) is 38.3 Å². The highest BCUT2D eigenvalue weighted by Crippen LogP contribution is 2.33. The van der Waals surface area contributed by atoms with Crippen LogP contribution < -0.4 is 10.1 Å². The van der Waals surface area contributed by atoms with Gasteiger partial charge in [0.1, 0.15) is 12.4 Å². The molecule has 84 valence electrons. The summed E-state index contributed by atoms with van der Waals surface area (Å²) in [6, 6.07) is 7.45. The zero-order valence-corrected chi connectivity index (χ0v) is 9.16. The van der Waals surface area contributed by atoms with Crippen LogP contribution in [0.2, 0.25) is 0 Å². The Balaban J connectivity index is 1.95. The number of hydrogen-bond donors (Lipinski definition) is 1. The zero-order chi connectivity index (χ0) is 11.0. The van der Waals surface area contributed by atoms with Gasteiger partial charge in [-0.05, 0) is 25.0 Å². The van der Waals surface area contributed by atoms with E-state index in [9.17, 15) is 4.79 Å². The van der Waals surface area contributed by atoms with Crippen LogP contribution in [0, 0.1) is 0 Å². The van der Waals surface area contributed by atoms with E-state index in [1.807, 2.05) is 24.3 Å². The summed E-state index contributed by atoms with van der Waals surface area (Å²) in [6.07, 6.45) is 4.43. The van der Waals surface area contributed by atoms with Gasteiger partial charge in [-0.3, -0.25) is 4.79 Å². The number of carbonyl (C=O) groups excluding carboxylic acids is 1. The van der Waals surface area contributed by atoms with Crippen LogP contribution in [-0.4, -0.2) is 18.1 Å². The van der Waals surface area contributed by atoms with Gasteiger partial charge >= 0.3 is 0 Å². The molecule has 1 saturated carbocycles. The molecule has 0 saturated heterocycles. The lowest BCUT2D eigenvalue weighted by Gasteiger charge is -2.27. The van der Waals surface area contributed by atoms with Crippen LogP contribution in [0.4, 0.5) is 0 Å². The molecule has 1 N–H and O–H groups in total. The Labute approximate surface area is 94.8 Å². The molecule has 1 aromatic carbocycles. The molecule has 1 fully saturated rings. The SMILES string of the molecule is O=C1NC2(CCCC2)COc2ccccc21. The van der Waals surface area contributed by atoms with Crippen molar-refractivity contribution in [2.45, 2.75) is 31.2 Å². The maximum Gasteiger partial charge on any atom is 0.255 e. The highest BCUT2D eigenvalue weighted by atomic mass is 16.5. The second-order valence-electron chi connectivity index (χ2n) is 4.73. The lowest BCUT2D eigenvalue weighted by Crippen LogP contribution is -2.48. The average molecular weight is 217 g/mol. The molecule has 3 nitrogen and oxygen atoms in total. The lowest BCUT2D eigenvalue weighted by atomic mass is 9.99. The Morgan fingerprint density at radius 1 is 1.19 bits per heavy atom. The van der Waals surface area contributed by atoms with Crippen molar-refractivity contribution in [1.82, 2.24) is 5.32 Å². The Hall–Kier alpha value is -1.51. The molecule has 1 amide bonds. The van der Waals surface area contributed by atoms with E-state index in [4.69, 9.17) is 4.74 Å². The predicted octanol–water partition coefficient (Wildman–Crippen LogP) is 2.12. The Bertz CT molecular complexity index is 422. The molecule has 2 aliphatic rings.